The molecule has 0 saturated carbocycles. The normalized spacial score (nSPS) is 11.5. The topological polar surface area (TPSA) is 122 Å². The van der Waals surface area contributed by atoms with Crippen LogP contribution in [-0.4, -0.2) is 36.0 Å². The molecule has 4 rings (SSSR count). The molecule has 0 aliphatic carbocycles. The number of nitrogens with zero attached hydrogens (tertiary/aromatic N) is 4. The number of hydrogen-bond donors (Lipinski definition) is 2. The Kier molecular flexibility index (Phi) is 6.29. The summed E-state index contributed by atoms with van der Waals surface area (Å²) in [6, 6.07) is 13.0. The van der Waals surface area contributed by atoms with Gasteiger partial charge >= 0.3 is 5.76 Å². The highest BCUT2D eigenvalue weighted by Gasteiger charge is 2.17. The summed E-state index contributed by atoms with van der Waals surface area (Å²) < 4.78 is 34.6. The summed E-state index contributed by atoms with van der Waals surface area (Å²) in [5.41, 5.74) is 1.87. The van der Waals surface area contributed by atoms with E-state index in [4.69, 9.17) is 4.42 Å². The van der Waals surface area contributed by atoms with Crippen molar-refractivity contribution in [2.75, 3.05) is 28.0 Å². The first-order valence-corrected chi connectivity index (χ1v) is 12.3. The van der Waals surface area contributed by atoms with Crippen LogP contribution >= 0.6 is 0 Å². The molecule has 4 aromatic rings. The minimum atomic E-state index is -3.86. The maximum absolute atomic E-state index is 12.9. The fraction of sp³-hybridized carbons (Fsp3) is 0.261. The van der Waals surface area contributed by atoms with Crippen molar-refractivity contribution < 1.29 is 12.8 Å². The molecule has 0 aliphatic heterocycles. The van der Waals surface area contributed by atoms with E-state index in [1.54, 1.807) is 24.3 Å². The zero-order valence-corrected chi connectivity index (χ0v) is 20.2. The zero-order valence-electron chi connectivity index (χ0n) is 19.4. The summed E-state index contributed by atoms with van der Waals surface area (Å²) in [7, 11) is -2.34. The largest absolute Gasteiger partial charge is 0.419 e. The van der Waals surface area contributed by atoms with E-state index in [9.17, 15) is 13.2 Å². The number of rotatable bonds is 8. The number of hydrogen-bond acceptors (Lipinski definition) is 8. The van der Waals surface area contributed by atoms with Crippen molar-refractivity contribution in [3.8, 4) is 0 Å². The van der Waals surface area contributed by atoms with Crippen LogP contribution in [0.25, 0.3) is 11.1 Å². The number of oxazole rings is 1. The van der Waals surface area contributed by atoms with Gasteiger partial charge in [-0.2, -0.15) is 0 Å². The Balaban J connectivity index is 1.52. The SMILES string of the molecule is CCN(CC)c1cc(Nc2ccc(NS(=O)(=O)c3ccc4oc(=O)n(C)c4c3)cc2)nc(C)n1. The third-order valence-corrected chi connectivity index (χ3v) is 6.77. The summed E-state index contributed by atoms with van der Waals surface area (Å²) in [4.78, 5) is 22.8. The van der Waals surface area contributed by atoms with E-state index in [2.05, 4.69) is 38.8 Å². The van der Waals surface area contributed by atoms with Crippen LogP contribution in [-0.2, 0) is 17.1 Å². The van der Waals surface area contributed by atoms with Crippen LogP contribution in [0.5, 0.6) is 0 Å². The van der Waals surface area contributed by atoms with E-state index in [-0.39, 0.29) is 4.90 Å². The van der Waals surface area contributed by atoms with Gasteiger partial charge in [-0.15, -0.1) is 0 Å². The monoisotopic (exact) mass is 482 g/mol. The summed E-state index contributed by atoms with van der Waals surface area (Å²) >= 11 is 0. The predicted octanol–water partition coefficient (Wildman–Crippen LogP) is 3.62. The van der Waals surface area contributed by atoms with Gasteiger partial charge in [-0.25, -0.2) is 23.2 Å². The molecule has 0 amide bonds. The van der Waals surface area contributed by atoms with Crippen LogP contribution in [0.1, 0.15) is 19.7 Å². The van der Waals surface area contributed by atoms with E-state index in [1.165, 1.54) is 29.8 Å². The molecule has 0 saturated heterocycles. The second kappa shape index (κ2) is 9.18. The Labute approximate surface area is 197 Å². The summed E-state index contributed by atoms with van der Waals surface area (Å²) in [6.45, 7) is 7.66. The molecule has 0 fully saturated rings. The van der Waals surface area contributed by atoms with Gasteiger partial charge in [-0.05, 0) is 63.2 Å². The van der Waals surface area contributed by atoms with Gasteiger partial charge in [0.25, 0.3) is 10.0 Å². The van der Waals surface area contributed by atoms with E-state index in [1.807, 2.05) is 13.0 Å². The molecule has 11 heteroatoms. The second-order valence-corrected chi connectivity index (χ2v) is 9.38. The molecule has 0 unspecified atom stereocenters. The van der Waals surface area contributed by atoms with Gasteiger partial charge in [-0.3, -0.25) is 9.29 Å². The van der Waals surface area contributed by atoms with E-state index >= 15 is 0 Å². The van der Waals surface area contributed by atoms with Gasteiger partial charge in [0.2, 0.25) is 0 Å². The molecule has 0 bridgehead atoms. The van der Waals surface area contributed by atoms with Crippen molar-refractivity contribution in [2.24, 2.45) is 7.05 Å². The molecule has 0 radical (unpaired) electrons. The average molecular weight is 483 g/mol. The Morgan fingerprint density at radius 3 is 2.35 bits per heavy atom. The second-order valence-electron chi connectivity index (χ2n) is 7.70. The maximum atomic E-state index is 12.9. The molecular weight excluding hydrogens is 456 g/mol. The van der Waals surface area contributed by atoms with Crippen LogP contribution in [0.15, 0.2) is 62.6 Å². The molecule has 178 valence electrons. The number of anilines is 4. The van der Waals surface area contributed by atoms with Crippen LogP contribution in [0.3, 0.4) is 0 Å². The van der Waals surface area contributed by atoms with Crippen LogP contribution in [0.2, 0.25) is 0 Å². The van der Waals surface area contributed by atoms with Gasteiger partial charge in [0, 0.05) is 37.6 Å². The summed E-state index contributed by atoms with van der Waals surface area (Å²) in [5.74, 6) is 1.60. The van der Waals surface area contributed by atoms with Crippen molar-refractivity contribution in [2.45, 2.75) is 25.7 Å². The highest BCUT2D eigenvalue weighted by Crippen LogP contribution is 2.24. The highest BCUT2D eigenvalue weighted by molar-refractivity contribution is 7.92. The third-order valence-electron chi connectivity index (χ3n) is 5.39. The minimum Gasteiger partial charge on any atom is -0.408 e. The molecule has 34 heavy (non-hydrogen) atoms. The van der Waals surface area contributed by atoms with Crippen molar-refractivity contribution in [3.63, 3.8) is 0 Å². The number of nitrogens with one attached hydrogen (secondary N) is 2. The fourth-order valence-corrected chi connectivity index (χ4v) is 4.66. The van der Waals surface area contributed by atoms with Gasteiger partial charge < -0.3 is 14.6 Å². The molecule has 2 heterocycles. The summed E-state index contributed by atoms with van der Waals surface area (Å²) in [5, 5.41) is 3.24. The average Bonchev–Trinajstić information content (AvgIpc) is 3.08. The van der Waals surface area contributed by atoms with Gasteiger partial charge in [0.05, 0.1) is 10.4 Å². The first-order valence-electron chi connectivity index (χ1n) is 10.8. The van der Waals surface area contributed by atoms with Gasteiger partial charge in [-0.1, -0.05) is 0 Å². The number of sulfonamides is 1. The number of aromatic nitrogens is 3. The van der Waals surface area contributed by atoms with E-state index in [0.29, 0.717) is 28.4 Å². The van der Waals surface area contributed by atoms with E-state index < -0.39 is 15.8 Å². The predicted molar refractivity (Wildman–Crippen MR) is 132 cm³/mol. The minimum absolute atomic E-state index is 0.0268. The highest BCUT2D eigenvalue weighted by atomic mass is 32.2. The molecule has 10 nitrogen and oxygen atoms in total. The molecular formula is C23H26N6O4S. The van der Waals surface area contributed by atoms with Crippen molar-refractivity contribution in [3.05, 3.63) is 64.9 Å². The lowest BCUT2D eigenvalue weighted by atomic mass is 10.3. The zero-order chi connectivity index (χ0) is 24.5. The van der Waals surface area contributed by atoms with Crippen molar-refractivity contribution >= 4 is 44.1 Å². The standard InChI is InChI=1S/C23H26N6O4S/c1-5-29(6-2)22-14-21(24-15(3)25-22)26-16-7-9-17(10-8-16)27-34(31,32)18-11-12-20-19(13-18)28(4)23(30)33-20/h7-14,27H,5-6H2,1-4H3,(H,24,25,26). The fourth-order valence-electron chi connectivity index (χ4n) is 3.58. The Morgan fingerprint density at radius 2 is 1.68 bits per heavy atom. The lowest BCUT2D eigenvalue weighted by Crippen LogP contribution is -2.23. The maximum Gasteiger partial charge on any atom is 0.419 e. The van der Waals surface area contributed by atoms with Crippen LogP contribution < -0.4 is 20.7 Å². The van der Waals surface area contributed by atoms with Crippen molar-refractivity contribution in [1.82, 2.24) is 14.5 Å². The number of aryl methyl sites for hydroxylation is 2. The lowest BCUT2D eigenvalue weighted by molar-refractivity contribution is 0.528. The van der Waals surface area contributed by atoms with E-state index in [0.717, 1.165) is 24.6 Å². The molecule has 0 aliphatic rings. The number of benzene rings is 2. The summed E-state index contributed by atoms with van der Waals surface area (Å²) in [6.07, 6.45) is 0. The third kappa shape index (κ3) is 4.74. The van der Waals surface area contributed by atoms with Crippen molar-refractivity contribution in [1.29, 1.82) is 0 Å². The van der Waals surface area contributed by atoms with Crippen LogP contribution in [0, 0.1) is 6.92 Å². The first-order chi connectivity index (χ1) is 16.2. The number of fused-ring (bicyclic) bond motifs is 1. The van der Waals surface area contributed by atoms with Gasteiger partial charge in [0.1, 0.15) is 17.5 Å². The molecule has 0 spiro atoms. The van der Waals surface area contributed by atoms with Gasteiger partial charge in [0.15, 0.2) is 5.58 Å². The molecule has 2 N–H and O–H groups in total. The molecule has 2 aromatic heterocycles. The molecule has 2 aromatic carbocycles. The Hall–Kier alpha value is -3.86. The first kappa shape index (κ1) is 23.3. The quantitative estimate of drug-likeness (QED) is 0.390. The Bertz CT molecular complexity index is 1490. The lowest BCUT2D eigenvalue weighted by Gasteiger charge is -2.20. The smallest absolute Gasteiger partial charge is 0.408 e. The molecule has 0 atom stereocenters. The Morgan fingerprint density at radius 1 is 1.00 bits per heavy atom. The van der Waals surface area contributed by atoms with Crippen LogP contribution in [0.4, 0.5) is 23.0 Å².